The normalized spacial score (nSPS) is 16.7. The van der Waals surface area contributed by atoms with Gasteiger partial charge in [0.2, 0.25) is 5.91 Å². The van der Waals surface area contributed by atoms with Crippen LogP contribution < -0.4 is 4.74 Å². The molecule has 0 aliphatic carbocycles. The van der Waals surface area contributed by atoms with Crippen molar-refractivity contribution in [3.05, 3.63) is 35.3 Å². The van der Waals surface area contributed by atoms with E-state index in [1.54, 1.807) is 0 Å². The molecule has 0 radical (unpaired) electrons. The maximum absolute atomic E-state index is 13.6. The van der Waals surface area contributed by atoms with Gasteiger partial charge in [-0.15, -0.1) is 0 Å². The number of rotatable bonds is 3. The van der Waals surface area contributed by atoms with E-state index in [2.05, 4.69) is 0 Å². The van der Waals surface area contributed by atoms with E-state index in [0.29, 0.717) is 38.1 Å². The number of ether oxygens (including phenoxy) is 1. The molecular formula is C14H15F4N2O2-. The Bertz CT molecular complexity index is 540. The zero-order valence-electron chi connectivity index (χ0n) is 11.6. The molecule has 1 aliphatic rings. The summed E-state index contributed by atoms with van der Waals surface area (Å²) in [6.45, 7) is 0.361. The molecule has 1 fully saturated rings. The van der Waals surface area contributed by atoms with Crippen LogP contribution in [0.5, 0.6) is 5.75 Å². The maximum Gasteiger partial charge on any atom is 0.416 e. The van der Waals surface area contributed by atoms with E-state index in [0.717, 1.165) is 6.07 Å². The van der Waals surface area contributed by atoms with Gasteiger partial charge in [-0.25, -0.2) is 4.39 Å². The predicted octanol–water partition coefficient (Wildman–Crippen LogP) is 3.27. The van der Waals surface area contributed by atoms with E-state index in [9.17, 15) is 22.4 Å². The van der Waals surface area contributed by atoms with Gasteiger partial charge in [-0.3, -0.25) is 4.79 Å². The number of hydrogen-bond acceptors (Lipinski definition) is 2. The summed E-state index contributed by atoms with van der Waals surface area (Å²) in [6.07, 6.45) is -4.23. The van der Waals surface area contributed by atoms with Crippen LogP contribution in [0.1, 0.15) is 18.4 Å². The lowest BCUT2D eigenvalue weighted by molar-refractivity contribution is -0.138. The van der Waals surface area contributed by atoms with Crippen molar-refractivity contribution in [3.8, 4) is 5.75 Å². The number of benzene rings is 1. The summed E-state index contributed by atoms with van der Waals surface area (Å²) in [7, 11) is 0. The van der Waals surface area contributed by atoms with Gasteiger partial charge in [0.15, 0.2) is 11.6 Å². The van der Waals surface area contributed by atoms with Crippen LogP contribution in [0.4, 0.5) is 17.6 Å². The van der Waals surface area contributed by atoms with E-state index >= 15 is 0 Å². The van der Waals surface area contributed by atoms with Crippen LogP contribution in [-0.4, -0.2) is 36.5 Å². The van der Waals surface area contributed by atoms with E-state index in [-0.39, 0.29) is 12.5 Å². The maximum atomic E-state index is 13.6. The minimum Gasteiger partial charge on any atom is -0.670 e. The second kappa shape index (κ2) is 6.51. The number of likely N-dealkylation sites (tertiary alicyclic amines) is 1. The van der Waals surface area contributed by atoms with Crippen LogP contribution in [-0.2, 0) is 11.0 Å². The first-order valence-corrected chi connectivity index (χ1v) is 6.77. The fraction of sp³-hybridized carbons (Fsp3) is 0.500. The van der Waals surface area contributed by atoms with Crippen molar-refractivity contribution in [3.63, 3.8) is 0 Å². The molecule has 2 rings (SSSR count). The van der Waals surface area contributed by atoms with Gasteiger partial charge in [0, 0.05) is 25.9 Å². The van der Waals surface area contributed by atoms with Crippen LogP contribution >= 0.6 is 0 Å². The fourth-order valence-electron chi connectivity index (χ4n) is 2.28. The molecule has 0 bridgehead atoms. The largest absolute Gasteiger partial charge is 0.670 e. The first kappa shape index (κ1) is 16.5. The number of halogens is 4. The van der Waals surface area contributed by atoms with Gasteiger partial charge in [0.05, 0.1) is 5.56 Å². The van der Waals surface area contributed by atoms with Crippen molar-refractivity contribution in [1.82, 2.24) is 4.90 Å². The molecule has 0 spiro atoms. The van der Waals surface area contributed by atoms with Crippen molar-refractivity contribution in [2.24, 2.45) is 0 Å². The molecule has 8 heteroatoms. The smallest absolute Gasteiger partial charge is 0.416 e. The third kappa shape index (κ3) is 3.88. The molecule has 4 nitrogen and oxygen atoms in total. The summed E-state index contributed by atoms with van der Waals surface area (Å²) < 4.78 is 56.8. The Morgan fingerprint density at radius 2 is 1.95 bits per heavy atom. The van der Waals surface area contributed by atoms with E-state index in [1.165, 1.54) is 4.90 Å². The Morgan fingerprint density at radius 3 is 2.50 bits per heavy atom. The second-order valence-electron chi connectivity index (χ2n) is 5.02. The summed E-state index contributed by atoms with van der Waals surface area (Å²) in [5, 5.41) is 0. The Hall–Kier alpha value is -1.83. The Labute approximate surface area is 124 Å². The van der Waals surface area contributed by atoms with Gasteiger partial charge >= 0.3 is 6.18 Å². The molecule has 1 aromatic rings. The first-order valence-electron chi connectivity index (χ1n) is 6.77. The molecule has 1 aromatic carbocycles. The minimum absolute atomic E-state index is 0.302. The molecule has 1 N–H and O–H groups in total. The van der Waals surface area contributed by atoms with Crippen molar-refractivity contribution >= 4 is 5.91 Å². The number of carbonyl (C=O) groups excluding carboxylic acids is 1. The van der Waals surface area contributed by atoms with E-state index in [1.807, 2.05) is 0 Å². The highest BCUT2D eigenvalue weighted by molar-refractivity contribution is 5.79. The highest BCUT2D eigenvalue weighted by Gasteiger charge is 2.32. The summed E-state index contributed by atoms with van der Waals surface area (Å²) >= 11 is 0. The highest BCUT2D eigenvalue weighted by Crippen LogP contribution is 2.33. The van der Waals surface area contributed by atoms with Crippen molar-refractivity contribution in [2.75, 3.05) is 19.6 Å². The van der Waals surface area contributed by atoms with E-state index in [4.69, 9.17) is 10.5 Å². The number of carbonyl (C=O) groups is 1. The summed E-state index contributed by atoms with van der Waals surface area (Å²) in [5.41, 5.74) is 6.04. The van der Waals surface area contributed by atoms with Gasteiger partial charge < -0.3 is 15.4 Å². The first-order chi connectivity index (χ1) is 10.3. The van der Waals surface area contributed by atoms with Gasteiger partial charge in [-0.2, -0.15) is 13.2 Å². The molecule has 1 saturated heterocycles. The summed E-state index contributed by atoms with van der Waals surface area (Å²) in [6, 6.07) is 2.05. The number of nitrogens with zero attached hydrogens (tertiary/aromatic N) is 1. The second-order valence-corrected chi connectivity index (χ2v) is 5.02. The zero-order chi connectivity index (χ0) is 16.3. The Morgan fingerprint density at radius 1 is 1.32 bits per heavy atom. The molecule has 0 saturated carbocycles. The lowest BCUT2D eigenvalue weighted by Gasteiger charge is -2.33. The number of piperidine rings is 1. The van der Waals surface area contributed by atoms with Crippen molar-refractivity contribution < 1.29 is 27.1 Å². The monoisotopic (exact) mass is 319 g/mol. The van der Waals surface area contributed by atoms with Crippen molar-refractivity contribution in [2.45, 2.75) is 25.1 Å². The fourth-order valence-corrected chi connectivity index (χ4v) is 2.28. The Balaban J connectivity index is 2.02. The Kier molecular flexibility index (Phi) is 4.90. The van der Waals surface area contributed by atoms with Crippen LogP contribution in [0.15, 0.2) is 18.2 Å². The van der Waals surface area contributed by atoms with Gasteiger partial charge in [0.1, 0.15) is 6.10 Å². The van der Waals surface area contributed by atoms with Crippen LogP contribution in [0.25, 0.3) is 5.73 Å². The molecular weight excluding hydrogens is 304 g/mol. The SMILES string of the molecule is [NH-]CC(=O)N1CCC(Oc2cc(C(F)(F)F)ccc2F)CC1. The summed E-state index contributed by atoms with van der Waals surface area (Å²) in [5.74, 6) is -1.58. The number of amides is 1. The van der Waals surface area contributed by atoms with Crippen LogP contribution in [0, 0.1) is 5.82 Å². The van der Waals surface area contributed by atoms with Crippen LogP contribution in [0.2, 0.25) is 0 Å². The molecule has 22 heavy (non-hydrogen) atoms. The standard InChI is InChI=1S/C14H15F4N2O2/c15-11-2-1-9(14(16,17)18)7-12(11)22-10-3-5-20(6-4-10)13(21)8-19/h1-2,7,10,19H,3-6,8H2/q-1. The third-order valence-electron chi connectivity index (χ3n) is 3.50. The average molecular weight is 319 g/mol. The summed E-state index contributed by atoms with van der Waals surface area (Å²) in [4.78, 5) is 12.8. The predicted molar refractivity (Wildman–Crippen MR) is 70.8 cm³/mol. The molecule has 122 valence electrons. The lowest BCUT2D eigenvalue weighted by Crippen LogP contribution is -2.42. The number of nitrogens with one attached hydrogen (secondary N) is 1. The van der Waals surface area contributed by atoms with Crippen molar-refractivity contribution in [1.29, 1.82) is 0 Å². The van der Waals surface area contributed by atoms with Gasteiger partial charge in [0.25, 0.3) is 0 Å². The minimum atomic E-state index is -4.56. The van der Waals surface area contributed by atoms with Crippen LogP contribution in [0.3, 0.4) is 0 Å². The van der Waals surface area contributed by atoms with Gasteiger partial charge in [-0.05, 0) is 18.2 Å². The zero-order valence-corrected chi connectivity index (χ0v) is 11.6. The lowest BCUT2D eigenvalue weighted by atomic mass is 10.1. The third-order valence-corrected chi connectivity index (χ3v) is 3.50. The molecule has 0 atom stereocenters. The molecule has 0 unspecified atom stereocenters. The molecule has 1 heterocycles. The quantitative estimate of drug-likeness (QED) is 0.803. The molecule has 1 aliphatic heterocycles. The van der Waals surface area contributed by atoms with Gasteiger partial charge in [-0.1, -0.05) is 6.54 Å². The number of hydrogen-bond donors (Lipinski definition) is 0. The van der Waals surface area contributed by atoms with E-state index < -0.39 is 29.4 Å². The molecule has 0 aromatic heterocycles. The molecule has 1 amide bonds. The topological polar surface area (TPSA) is 53.3 Å². The average Bonchev–Trinajstić information content (AvgIpc) is 2.48. The number of alkyl halides is 3. The highest BCUT2D eigenvalue weighted by atomic mass is 19.4.